The molecule has 1 amide bonds. The highest BCUT2D eigenvalue weighted by molar-refractivity contribution is 5.99. The number of carboxylic acid groups (broad SMARTS) is 3. The van der Waals surface area contributed by atoms with Gasteiger partial charge in [-0.25, -0.2) is 4.79 Å². The molecule has 0 aromatic carbocycles. The molecular formula is C37H43N5O7. The number of hydrogen-bond acceptors (Lipinski definition) is 5. The van der Waals surface area contributed by atoms with Crippen LogP contribution < -0.4 is 21.3 Å². The molecule has 3 aromatic heterocycles. The monoisotopic (exact) mass is 669 g/mol. The number of amides is 1. The Labute approximate surface area is 283 Å². The van der Waals surface area contributed by atoms with E-state index in [-0.39, 0.29) is 35.6 Å². The first-order valence-corrected chi connectivity index (χ1v) is 16.3. The lowest BCUT2D eigenvalue weighted by atomic mass is 9.85. The molecular weight excluding hydrogens is 626 g/mol. The minimum absolute atomic E-state index is 0.0324. The van der Waals surface area contributed by atoms with E-state index >= 15 is 0 Å². The van der Waals surface area contributed by atoms with Crippen molar-refractivity contribution in [2.45, 2.75) is 73.3 Å². The fraction of sp³-hybridized carbons (Fsp3) is 0.351. The van der Waals surface area contributed by atoms with Crippen LogP contribution in [-0.4, -0.2) is 60.1 Å². The van der Waals surface area contributed by atoms with Crippen molar-refractivity contribution in [1.29, 1.82) is 0 Å². The standard InChI is InChI=1S/C37H43N5O7/c1-8-21-16(3)25-13-27-18(5)23(10-11-31(43)38-20(7)36(46)47)34(41-27)24(12-32(44)45)35-33(37(48)49)19(6)28(42-35)15-30-22(9-2)17(4)26(40-30)14-29(21)39-25/h8,13-15,18,20,23,39-42H,1,9-12H2,2-7H3,(H,38,43)(H,44,45)(H,46,47)(H,48,49)/t18-,20?,23-/m0/s1. The number of aromatic carboxylic acids is 1. The van der Waals surface area contributed by atoms with E-state index in [4.69, 9.17) is 0 Å². The third kappa shape index (κ3) is 6.50. The molecule has 12 nitrogen and oxygen atoms in total. The second-order valence-corrected chi connectivity index (χ2v) is 12.9. The number of allylic oxidation sites excluding steroid dienone is 2. The molecule has 1 saturated heterocycles. The highest BCUT2D eigenvalue weighted by Crippen LogP contribution is 2.43. The van der Waals surface area contributed by atoms with Gasteiger partial charge in [0.25, 0.3) is 0 Å². The Hall–Kier alpha value is -5.52. The van der Waals surface area contributed by atoms with Crippen molar-refractivity contribution in [3.63, 3.8) is 0 Å². The first-order chi connectivity index (χ1) is 23.2. The molecule has 49 heavy (non-hydrogen) atoms. The van der Waals surface area contributed by atoms with E-state index in [0.717, 1.165) is 50.0 Å². The van der Waals surface area contributed by atoms with Gasteiger partial charge in [-0.1, -0.05) is 26.5 Å². The average molecular weight is 670 g/mol. The summed E-state index contributed by atoms with van der Waals surface area (Å²) in [4.78, 5) is 59.8. The topological polar surface area (TPSA) is 200 Å². The molecule has 0 radical (unpaired) electrons. The zero-order chi connectivity index (χ0) is 35.9. The van der Waals surface area contributed by atoms with Gasteiger partial charge < -0.3 is 40.9 Å². The lowest BCUT2D eigenvalue weighted by Crippen LogP contribution is -2.38. The normalized spacial score (nSPS) is 17.4. The third-order valence-corrected chi connectivity index (χ3v) is 9.89. The molecule has 3 aromatic rings. The summed E-state index contributed by atoms with van der Waals surface area (Å²) in [7, 11) is 0. The summed E-state index contributed by atoms with van der Waals surface area (Å²) in [6.07, 6.45) is 8.11. The molecule has 0 spiro atoms. The lowest BCUT2D eigenvalue weighted by Gasteiger charge is -2.19. The minimum Gasteiger partial charge on any atom is -0.481 e. The van der Waals surface area contributed by atoms with Crippen LogP contribution in [0.3, 0.4) is 0 Å². The molecule has 5 rings (SSSR count). The number of fused-ring (bicyclic) bond motifs is 8. The number of H-pyrrole nitrogens is 3. The van der Waals surface area contributed by atoms with Crippen LogP contribution >= 0.6 is 0 Å². The number of aliphatic carboxylic acids is 2. The second-order valence-electron chi connectivity index (χ2n) is 12.9. The van der Waals surface area contributed by atoms with E-state index < -0.39 is 42.2 Å². The zero-order valence-electron chi connectivity index (χ0n) is 28.6. The number of rotatable bonds is 10. The molecule has 8 bridgehead atoms. The van der Waals surface area contributed by atoms with Crippen LogP contribution in [0.15, 0.2) is 18.0 Å². The van der Waals surface area contributed by atoms with Crippen molar-refractivity contribution >= 4 is 53.7 Å². The summed E-state index contributed by atoms with van der Waals surface area (Å²) in [5.74, 6) is -4.66. The van der Waals surface area contributed by atoms with Crippen LogP contribution in [0.5, 0.6) is 0 Å². The fourth-order valence-corrected chi connectivity index (χ4v) is 7.09. The minimum atomic E-state index is -1.20. The zero-order valence-corrected chi connectivity index (χ0v) is 28.6. The molecule has 12 heteroatoms. The average Bonchev–Trinajstić information content (AvgIpc) is 3.71. The summed E-state index contributed by atoms with van der Waals surface area (Å²) >= 11 is 0. The number of hydrogen-bond donors (Lipinski definition) is 8. The molecule has 1 fully saturated rings. The molecule has 0 saturated carbocycles. The van der Waals surface area contributed by atoms with Gasteiger partial charge in [0.1, 0.15) is 6.04 Å². The van der Waals surface area contributed by atoms with Crippen molar-refractivity contribution in [2.24, 2.45) is 11.8 Å². The van der Waals surface area contributed by atoms with Gasteiger partial charge in [0.15, 0.2) is 0 Å². The largest absolute Gasteiger partial charge is 0.481 e. The van der Waals surface area contributed by atoms with Gasteiger partial charge in [-0.3, -0.25) is 14.4 Å². The maximum absolute atomic E-state index is 12.8. The molecule has 8 N–H and O–H groups in total. The maximum Gasteiger partial charge on any atom is 0.338 e. The van der Waals surface area contributed by atoms with E-state index in [0.29, 0.717) is 23.4 Å². The fourth-order valence-electron chi connectivity index (χ4n) is 7.09. The van der Waals surface area contributed by atoms with Gasteiger partial charge >= 0.3 is 17.9 Å². The summed E-state index contributed by atoms with van der Waals surface area (Å²) in [5.41, 5.74) is 8.29. The van der Waals surface area contributed by atoms with Crippen molar-refractivity contribution in [3.8, 4) is 0 Å². The Kier molecular flexibility index (Phi) is 9.62. The molecule has 5 heterocycles. The predicted octanol–water partition coefficient (Wildman–Crippen LogP) is 3.92. The van der Waals surface area contributed by atoms with Crippen LogP contribution in [0.25, 0.3) is 29.9 Å². The van der Waals surface area contributed by atoms with Crippen LogP contribution in [0, 0.1) is 32.6 Å². The van der Waals surface area contributed by atoms with Gasteiger partial charge in [0.2, 0.25) is 5.91 Å². The highest BCUT2D eigenvalue weighted by atomic mass is 16.4. The van der Waals surface area contributed by atoms with E-state index in [2.05, 4.69) is 39.1 Å². The van der Waals surface area contributed by atoms with E-state index in [1.54, 1.807) is 13.0 Å². The Bertz CT molecular complexity index is 2090. The summed E-state index contributed by atoms with van der Waals surface area (Å²) in [5, 5.41) is 37.5. The molecule has 258 valence electrons. The highest BCUT2D eigenvalue weighted by Gasteiger charge is 2.37. The van der Waals surface area contributed by atoms with Crippen molar-refractivity contribution < 1.29 is 34.5 Å². The molecule has 3 atom stereocenters. The van der Waals surface area contributed by atoms with Crippen molar-refractivity contribution in [2.75, 3.05) is 0 Å². The third-order valence-electron chi connectivity index (χ3n) is 9.89. The number of carboxylic acids is 3. The van der Waals surface area contributed by atoms with Gasteiger partial charge in [-0.05, 0) is 81.0 Å². The van der Waals surface area contributed by atoms with Crippen LogP contribution in [-0.2, 0) is 20.8 Å². The van der Waals surface area contributed by atoms with Crippen LogP contribution in [0.2, 0.25) is 0 Å². The predicted molar refractivity (Wildman–Crippen MR) is 187 cm³/mol. The van der Waals surface area contributed by atoms with E-state index in [1.165, 1.54) is 6.92 Å². The smallest absolute Gasteiger partial charge is 0.338 e. The van der Waals surface area contributed by atoms with Gasteiger partial charge in [-0.15, -0.1) is 0 Å². The molecule has 1 unspecified atom stereocenters. The van der Waals surface area contributed by atoms with Gasteiger partial charge in [0.05, 0.1) is 17.7 Å². The number of carbonyl (C=O) groups is 4. The SMILES string of the molecule is C=Cc1c2[nH]c(c1C)C=C1NC(=C(CC(=O)O)c3[nH]c(c(C)c3C(=O)O)C=c3[nH]c(c(C)c3CC)=C2)[C@@H](CCC(=O)NC(C)C(=O)O)[C@@H]1C. The molecule has 2 aliphatic heterocycles. The van der Waals surface area contributed by atoms with Crippen molar-refractivity contribution in [3.05, 3.63) is 84.8 Å². The number of aromatic amines is 3. The second kappa shape index (κ2) is 13.5. The Morgan fingerprint density at radius 2 is 1.61 bits per heavy atom. The summed E-state index contributed by atoms with van der Waals surface area (Å²) < 4.78 is 0. The van der Waals surface area contributed by atoms with E-state index in [1.807, 2.05) is 39.0 Å². The number of aromatic nitrogens is 3. The molecule has 0 aliphatic carbocycles. The molecule has 2 aliphatic rings. The van der Waals surface area contributed by atoms with Crippen LogP contribution in [0.1, 0.15) is 101 Å². The lowest BCUT2D eigenvalue weighted by molar-refractivity contribution is -0.141. The number of carbonyl (C=O) groups excluding carboxylic acids is 1. The summed E-state index contributed by atoms with van der Waals surface area (Å²) in [6, 6.07) is -1.08. The first kappa shape index (κ1) is 34.8. The Balaban J connectivity index is 1.84. The first-order valence-electron chi connectivity index (χ1n) is 16.3. The van der Waals surface area contributed by atoms with Gasteiger partial charge in [0, 0.05) is 68.6 Å². The van der Waals surface area contributed by atoms with E-state index in [9.17, 15) is 34.5 Å². The quantitative estimate of drug-likeness (QED) is 0.159. The Morgan fingerprint density at radius 1 is 0.939 bits per heavy atom. The van der Waals surface area contributed by atoms with Gasteiger partial charge in [-0.2, -0.15) is 0 Å². The number of nitrogens with one attached hydrogen (secondary N) is 5. The van der Waals surface area contributed by atoms with Crippen LogP contribution in [0.4, 0.5) is 0 Å². The Morgan fingerprint density at radius 3 is 2.22 bits per heavy atom. The van der Waals surface area contributed by atoms with Crippen molar-refractivity contribution in [1.82, 2.24) is 25.6 Å². The maximum atomic E-state index is 12.8. The summed E-state index contributed by atoms with van der Waals surface area (Å²) in [6.45, 7) is 15.2.